The van der Waals surface area contributed by atoms with E-state index in [1.54, 1.807) is 0 Å². The van der Waals surface area contributed by atoms with E-state index in [2.05, 4.69) is 13.0 Å². The van der Waals surface area contributed by atoms with Gasteiger partial charge in [0.25, 0.3) is 0 Å². The maximum atomic E-state index is 12.9. The van der Waals surface area contributed by atoms with E-state index in [1.165, 1.54) is 0 Å². The van der Waals surface area contributed by atoms with Gasteiger partial charge in [-0.2, -0.15) is 0 Å². The van der Waals surface area contributed by atoms with Crippen molar-refractivity contribution in [1.82, 2.24) is 0 Å². The van der Waals surface area contributed by atoms with Crippen LogP contribution in [0.5, 0.6) is 0 Å². The Hall–Kier alpha value is -1.82. The summed E-state index contributed by atoms with van der Waals surface area (Å²) < 4.78 is 11.5. The summed E-state index contributed by atoms with van der Waals surface area (Å²) in [5.74, 6) is 0.0431. The van der Waals surface area contributed by atoms with Crippen LogP contribution in [-0.4, -0.2) is 40.5 Å². The van der Waals surface area contributed by atoms with Crippen molar-refractivity contribution in [2.75, 3.05) is 0 Å². The molecule has 0 aromatic carbocycles. The van der Waals surface area contributed by atoms with Crippen LogP contribution in [0.25, 0.3) is 0 Å². The quantitative estimate of drug-likeness (QED) is 0.599. The number of carbonyl (C=O) groups is 2. The maximum absolute atomic E-state index is 12.9. The molecule has 1 fully saturated rings. The Morgan fingerprint density at radius 3 is 2.61 bits per heavy atom. The predicted octanol–water partition coefficient (Wildman–Crippen LogP) is 4.47. The van der Waals surface area contributed by atoms with Crippen LogP contribution >= 0.6 is 0 Å². The molecule has 1 aliphatic heterocycles. The second-order valence-electron chi connectivity index (χ2n) is 10.4. The van der Waals surface area contributed by atoms with Crippen LogP contribution in [-0.2, 0) is 19.1 Å². The zero-order valence-corrected chi connectivity index (χ0v) is 19.5. The molecule has 2 N–H and O–H groups in total. The van der Waals surface area contributed by atoms with Gasteiger partial charge in [0.05, 0.1) is 23.7 Å². The van der Waals surface area contributed by atoms with Crippen LogP contribution in [0.15, 0.2) is 23.5 Å². The number of aliphatic hydroxyl groups excluding tert-OH is 2. The molecule has 0 bridgehead atoms. The van der Waals surface area contributed by atoms with Crippen LogP contribution in [0, 0.1) is 29.1 Å². The minimum absolute atomic E-state index is 0.00271. The lowest BCUT2D eigenvalue weighted by molar-refractivity contribution is -0.166. The largest absolute Gasteiger partial charge is 0.512 e. The molecule has 3 aliphatic rings. The van der Waals surface area contributed by atoms with E-state index in [-0.39, 0.29) is 54.2 Å². The SMILES string of the molecule is CCC(C)(C)C(=O)O[C@@H]1C[C@H](C)C=C2C=C(O)[C@@H](C)[C@@H](CC[C@@H]3C[C@H](O)CC(=O)O3)[C@@H]21. The molecule has 0 amide bonds. The van der Waals surface area contributed by atoms with Gasteiger partial charge in [0.2, 0.25) is 0 Å². The molecule has 31 heavy (non-hydrogen) atoms. The lowest BCUT2D eigenvalue weighted by Crippen LogP contribution is -2.44. The number of fused-ring (bicyclic) bond motifs is 1. The maximum Gasteiger partial charge on any atom is 0.311 e. The third-order valence-electron chi connectivity index (χ3n) is 7.50. The van der Waals surface area contributed by atoms with Crippen molar-refractivity contribution in [2.24, 2.45) is 29.1 Å². The van der Waals surface area contributed by atoms with Gasteiger partial charge in [0.1, 0.15) is 12.2 Å². The average Bonchev–Trinajstić information content (AvgIpc) is 2.67. The highest BCUT2D eigenvalue weighted by Gasteiger charge is 2.45. The molecule has 0 aromatic rings. The molecule has 174 valence electrons. The molecule has 7 atom stereocenters. The van der Waals surface area contributed by atoms with E-state index in [1.807, 2.05) is 33.8 Å². The number of rotatable bonds is 6. The Labute approximate surface area is 185 Å². The molecule has 0 radical (unpaired) electrons. The number of aliphatic hydroxyl groups is 2. The third kappa shape index (κ3) is 5.33. The number of cyclic esters (lactones) is 1. The summed E-state index contributed by atoms with van der Waals surface area (Å²) in [6, 6.07) is 0. The van der Waals surface area contributed by atoms with Crippen molar-refractivity contribution in [3.05, 3.63) is 23.5 Å². The highest BCUT2D eigenvalue weighted by molar-refractivity contribution is 5.76. The van der Waals surface area contributed by atoms with E-state index >= 15 is 0 Å². The number of ether oxygens (including phenoxy) is 2. The van der Waals surface area contributed by atoms with Crippen LogP contribution in [0.2, 0.25) is 0 Å². The third-order valence-corrected chi connectivity index (χ3v) is 7.50. The Morgan fingerprint density at radius 2 is 1.97 bits per heavy atom. The Balaban J connectivity index is 1.81. The molecule has 0 unspecified atom stereocenters. The normalized spacial score (nSPS) is 36.1. The van der Waals surface area contributed by atoms with Crippen LogP contribution in [0.3, 0.4) is 0 Å². The summed E-state index contributed by atoms with van der Waals surface area (Å²) >= 11 is 0. The standard InChI is InChI=1S/C25H38O6/c1-6-25(4,5)24(29)31-21-10-14(2)9-16-11-20(27)15(3)19(23(16)21)8-7-18-12-17(26)13-22(28)30-18/h9,11,14-15,17-19,21,23,26-27H,6-8,10,12-13H2,1-5H3/t14-,15+,17+,18-,19-,21-,23-/m1/s1. The molecule has 6 heteroatoms. The summed E-state index contributed by atoms with van der Waals surface area (Å²) in [5.41, 5.74) is 0.497. The van der Waals surface area contributed by atoms with E-state index in [4.69, 9.17) is 9.47 Å². The van der Waals surface area contributed by atoms with Gasteiger partial charge in [-0.1, -0.05) is 26.8 Å². The average molecular weight is 435 g/mol. The first-order chi connectivity index (χ1) is 14.5. The number of hydrogen-bond donors (Lipinski definition) is 2. The van der Waals surface area contributed by atoms with Crippen molar-refractivity contribution in [3.63, 3.8) is 0 Å². The molecular weight excluding hydrogens is 396 g/mol. The second kappa shape index (κ2) is 9.35. The summed E-state index contributed by atoms with van der Waals surface area (Å²) in [4.78, 5) is 24.6. The summed E-state index contributed by atoms with van der Waals surface area (Å²) in [7, 11) is 0. The monoisotopic (exact) mass is 434 g/mol. The van der Waals surface area contributed by atoms with Gasteiger partial charge in [-0.3, -0.25) is 9.59 Å². The zero-order chi connectivity index (χ0) is 22.9. The van der Waals surface area contributed by atoms with Crippen molar-refractivity contribution < 1.29 is 29.3 Å². The highest BCUT2D eigenvalue weighted by atomic mass is 16.6. The van der Waals surface area contributed by atoms with Crippen LogP contribution < -0.4 is 0 Å². The van der Waals surface area contributed by atoms with Gasteiger partial charge in [0.15, 0.2) is 0 Å². The molecule has 1 saturated heterocycles. The van der Waals surface area contributed by atoms with Crippen molar-refractivity contribution in [1.29, 1.82) is 0 Å². The van der Waals surface area contributed by atoms with E-state index in [9.17, 15) is 19.8 Å². The summed E-state index contributed by atoms with van der Waals surface area (Å²) in [6.45, 7) is 9.92. The predicted molar refractivity (Wildman–Crippen MR) is 117 cm³/mol. The Morgan fingerprint density at radius 1 is 1.26 bits per heavy atom. The smallest absolute Gasteiger partial charge is 0.311 e. The van der Waals surface area contributed by atoms with Gasteiger partial charge in [-0.15, -0.1) is 0 Å². The number of allylic oxidation sites excluding steroid dienone is 3. The van der Waals surface area contributed by atoms with Gasteiger partial charge in [-0.05, 0) is 63.0 Å². The minimum Gasteiger partial charge on any atom is -0.512 e. The van der Waals surface area contributed by atoms with Crippen LogP contribution in [0.4, 0.5) is 0 Å². The van der Waals surface area contributed by atoms with Gasteiger partial charge < -0.3 is 19.7 Å². The molecule has 1 heterocycles. The van der Waals surface area contributed by atoms with Gasteiger partial charge in [0, 0.05) is 18.3 Å². The Kier molecular flexibility index (Phi) is 7.19. The first-order valence-corrected chi connectivity index (χ1v) is 11.7. The fourth-order valence-corrected chi connectivity index (χ4v) is 5.14. The first-order valence-electron chi connectivity index (χ1n) is 11.7. The van der Waals surface area contributed by atoms with Gasteiger partial charge >= 0.3 is 11.9 Å². The fourth-order valence-electron chi connectivity index (χ4n) is 5.14. The van der Waals surface area contributed by atoms with Crippen LogP contribution in [0.1, 0.15) is 73.1 Å². The minimum atomic E-state index is -0.653. The molecule has 6 nitrogen and oxygen atoms in total. The second-order valence-corrected chi connectivity index (χ2v) is 10.4. The lowest BCUT2D eigenvalue weighted by atomic mass is 9.64. The molecule has 0 spiro atoms. The Bertz CT molecular complexity index is 751. The van der Waals surface area contributed by atoms with Crippen molar-refractivity contribution in [2.45, 2.75) is 91.5 Å². The van der Waals surface area contributed by atoms with Gasteiger partial charge in [-0.25, -0.2) is 0 Å². The molecule has 0 aromatic heterocycles. The molecule has 3 rings (SSSR count). The van der Waals surface area contributed by atoms with E-state index < -0.39 is 11.5 Å². The first kappa shape index (κ1) is 23.8. The lowest BCUT2D eigenvalue weighted by Gasteiger charge is -2.44. The zero-order valence-electron chi connectivity index (χ0n) is 19.5. The summed E-state index contributed by atoms with van der Waals surface area (Å²) in [5, 5.41) is 20.5. The van der Waals surface area contributed by atoms with E-state index in [0.717, 1.165) is 12.0 Å². The fraction of sp³-hybridized carbons (Fsp3) is 0.760. The summed E-state index contributed by atoms with van der Waals surface area (Å²) in [6.07, 6.45) is 6.11. The molecule has 0 saturated carbocycles. The molecular formula is C25H38O6. The van der Waals surface area contributed by atoms with Crippen molar-refractivity contribution in [3.8, 4) is 0 Å². The topological polar surface area (TPSA) is 93.1 Å². The molecule has 2 aliphatic carbocycles. The highest BCUT2D eigenvalue weighted by Crippen LogP contribution is 2.47. The number of carbonyl (C=O) groups excluding carboxylic acids is 2. The number of esters is 2. The number of hydrogen-bond acceptors (Lipinski definition) is 6. The van der Waals surface area contributed by atoms with E-state index in [0.29, 0.717) is 31.4 Å². The van der Waals surface area contributed by atoms with Crippen molar-refractivity contribution >= 4 is 11.9 Å².